The van der Waals surface area contributed by atoms with Gasteiger partial charge in [0.15, 0.2) is 0 Å². The van der Waals surface area contributed by atoms with Crippen molar-refractivity contribution >= 4 is 0 Å². The van der Waals surface area contributed by atoms with Crippen LogP contribution in [0, 0.1) is 5.92 Å². The van der Waals surface area contributed by atoms with Gasteiger partial charge in [-0.1, -0.05) is 12.8 Å². The van der Waals surface area contributed by atoms with Crippen LogP contribution in [0.1, 0.15) is 51.9 Å². The SMILES string of the molecule is C[C@@H](NC1CCCC1O)C1CCCC1. The van der Waals surface area contributed by atoms with Gasteiger partial charge in [-0.15, -0.1) is 0 Å². The van der Waals surface area contributed by atoms with Gasteiger partial charge in [-0.25, -0.2) is 0 Å². The van der Waals surface area contributed by atoms with E-state index in [0.717, 1.165) is 18.8 Å². The standard InChI is InChI=1S/C12H23NO/c1-9(10-5-2-3-6-10)13-11-7-4-8-12(11)14/h9-14H,2-8H2,1H3/t9-,11?,12?/m1/s1. The topological polar surface area (TPSA) is 32.3 Å². The molecule has 2 heteroatoms. The summed E-state index contributed by atoms with van der Waals surface area (Å²) >= 11 is 0. The minimum Gasteiger partial charge on any atom is -0.392 e. The van der Waals surface area contributed by atoms with Crippen molar-refractivity contribution in [2.45, 2.75) is 70.1 Å². The van der Waals surface area contributed by atoms with Gasteiger partial charge in [-0.2, -0.15) is 0 Å². The fourth-order valence-corrected chi connectivity index (χ4v) is 3.07. The second kappa shape index (κ2) is 4.63. The Balaban J connectivity index is 1.78. The van der Waals surface area contributed by atoms with Crippen LogP contribution in [0.2, 0.25) is 0 Å². The predicted octanol–water partition coefficient (Wildman–Crippen LogP) is 2.07. The molecule has 2 N–H and O–H groups in total. The van der Waals surface area contributed by atoms with Crippen LogP contribution in [-0.4, -0.2) is 23.3 Å². The zero-order chi connectivity index (χ0) is 9.97. The fraction of sp³-hybridized carbons (Fsp3) is 1.00. The largest absolute Gasteiger partial charge is 0.392 e. The number of rotatable bonds is 3. The molecule has 0 heterocycles. The van der Waals surface area contributed by atoms with E-state index in [0.29, 0.717) is 12.1 Å². The first-order chi connectivity index (χ1) is 6.77. The number of hydrogen-bond donors (Lipinski definition) is 2. The van der Waals surface area contributed by atoms with E-state index in [9.17, 15) is 5.11 Å². The Morgan fingerprint density at radius 1 is 1.07 bits per heavy atom. The highest BCUT2D eigenvalue weighted by Crippen LogP contribution is 2.29. The molecule has 2 aliphatic rings. The van der Waals surface area contributed by atoms with Crippen molar-refractivity contribution in [1.82, 2.24) is 5.32 Å². The molecular weight excluding hydrogens is 174 g/mol. The van der Waals surface area contributed by atoms with E-state index < -0.39 is 0 Å². The maximum Gasteiger partial charge on any atom is 0.0693 e. The zero-order valence-electron chi connectivity index (χ0n) is 9.21. The molecule has 0 radical (unpaired) electrons. The van der Waals surface area contributed by atoms with E-state index in [1.165, 1.54) is 32.1 Å². The third-order valence-corrected chi connectivity index (χ3v) is 4.06. The molecule has 0 saturated heterocycles. The molecule has 0 bridgehead atoms. The summed E-state index contributed by atoms with van der Waals surface area (Å²) < 4.78 is 0. The Morgan fingerprint density at radius 3 is 2.36 bits per heavy atom. The minimum absolute atomic E-state index is 0.0844. The molecule has 3 atom stereocenters. The van der Waals surface area contributed by atoms with Crippen molar-refractivity contribution in [2.24, 2.45) is 5.92 Å². The summed E-state index contributed by atoms with van der Waals surface area (Å²) in [5.41, 5.74) is 0. The lowest BCUT2D eigenvalue weighted by Gasteiger charge is -2.26. The van der Waals surface area contributed by atoms with Crippen LogP contribution < -0.4 is 5.32 Å². The van der Waals surface area contributed by atoms with Crippen molar-refractivity contribution in [3.63, 3.8) is 0 Å². The quantitative estimate of drug-likeness (QED) is 0.726. The van der Waals surface area contributed by atoms with Gasteiger partial charge in [0.05, 0.1) is 6.10 Å². The van der Waals surface area contributed by atoms with Crippen molar-refractivity contribution in [1.29, 1.82) is 0 Å². The smallest absolute Gasteiger partial charge is 0.0693 e. The summed E-state index contributed by atoms with van der Waals surface area (Å²) in [7, 11) is 0. The van der Waals surface area contributed by atoms with Crippen molar-refractivity contribution < 1.29 is 5.11 Å². The van der Waals surface area contributed by atoms with Gasteiger partial charge in [-0.3, -0.25) is 0 Å². The molecule has 0 aromatic carbocycles. The molecule has 82 valence electrons. The van der Waals surface area contributed by atoms with Crippen molar-refractivity contribution in [3.8, 4) is 0 Å². The molecule has 0 aromatic rings. The normalized spacial score (nSPS) is 36.4. The summed E-state index contributed by atoms with van der Waals surface area (Å²) in [5, 5.41) is 13.3. The Bertz CT molecular complexity index is 177. The molecule has 2 saturated carbocycles. The molecule has 0 spiro atoms. The fourth-order valence-electron chi connectivity index (χ4n) is 3.07. The van der Waals surface area contributed by atoms with Crippen LogP contribution in [0.4, 0.5) is 0 Å². The Kier molecular flexibility index (Phi) is 3.45. The lowest BCUT2D eigenvalue weighted by atomic mass is 9.98. The molecule has 0 aromatic heterocycles. The van der Waals surface area contributed by atoms with Crippen LogP contribution in [-0.2, 0) is 0 Å². The average molecular weight is 197 g/mol. The van der Waals surface area contributed by atoms with Crippen LogP contribution in [0.15, 0.2) is 0 Å². The number of aliphatic hydroxyl groups is 1. The van der Waals surface area contributed by atoms with Crippen molar-refractivity contribution in [3.05, 3.63) is 0 Å². The van der Waals surface area contributed by atoms with Gasteiger partial charge in [0.2, 0.25) is 0 Å². The van der Waals surface area contributed by atoms with Crippen LogP contribution in [0.5, 0.6) is 0 Å². The van der Waals surface area contributed by atoms with E-state index in [2.05, 4.69) is 12.2 Å². The van der Waals surface area contributed by atoms with Crippen LogP contribution in [0.3, 0.4) is 0 Å². The number of aliphatic hydroxyl groups excluding tert-OH is 1. The van der Waals surface area contributed by atoms with Gasteiger partial charge in [0.25, 0.3) is 0 Å². The third-order valence-electron chi connectivity index (χ3n) is 4.06. The van der Waals surface area contributed by atoms with Gasteiger partial charge < -0.3 is 10.4 Å². The van der Waals surface area contributed by atoms with E-state index >= 15 is 0 Å². The third kappa shape index (κ3) is 2.29. The molecule has 2 unspecified atom stereocenters. The lowest BCUT2D eigenvalue weighted by molar-refractivity contribution is 0.138. The number of hydrogen-bond acceptors (Lipinski definition) is 2. The molecule has 0 aliphatic heterocycles. The van der Waals surface area contributed by atoms with E-state index in [-0.39, 0.29) is 6.10 Å². The minimum atomic E-state index is -0.0844. The first kappa shape index (κ1) is 10.4. The predicted molar refractivity (Wildman–Crippen MR) is 58.2 cm³/mol. The molecule has 14 heavy (non-hydrogen) atoms. The van der Waals surface area contributed by atoms with Gasteiger partial charge >= 0.3 is 0 Å². The Hall–Kier alpha value is -0.0800. The van der Waals surface area contributed by atoms with E-state index in [1.54, 1.807) is 0 Å². The highest BCUT2D eigenvalue weighted by molar-refractivity contribution is 4.87. The molecule has 2 fully saturated rings. The van der Waals surface area contributed by atoms with Crippen LogP contribution in [0.25, 0.3) is 0 Å². The maximum absolute atomic E-state index is 9.72. The first-order valence-corrected chi connectivity index (χ1v) is 6.21. The summed E-state index contributed by atoms with van der Waals surface area (Å²) in [6, 6.07) is 0.987. The maximum atomic E-state index is 9.72. The molecular formula is C12H23NO. The van der Waals surface area contributed by atoms with Gasteiger partial charge in [-0.05, 0) is 44.9 Å². The van der Waals surface area contributed by atoms with Gasteiger partial charge in [0.1, 0.15) is 0 Å². The Morgan fingerprint density at radius 2 is 1.79 bits per heavy atom. The first-order valence-electron chi connectivity index (χ1n) is 6.21. The summed E-state index contributed by atoms with van der Waals surface area (Å²) in [4.78, 5) is 0. The highest BCUT2D eigenvalue weighted by Gasteiger charge is 2.29. The van der Waals surface area contributed by atoms with E-state index in [1.807, 2.05) is 0 Å². The van der Waals surface area contributed by atoms with E-state index in [4.69, 9.17) is 0 Å². The average Bonchev–Trinajstić information content (AvgIpc) is 2.77. The molecule has 2 rings (SSSR count). The molecule has 2 aliphatic carbocycles. The Labute approximate surface area is 87.1 Å². The van der Waals surface area contributed by atoms with Crippen molar-refractivity contribution in [2.75, 3.05) is 0 Å². The second-order valence-corrected chi connectivity index (χ2v) is 5.10. The molecule has 0 amide bonds. The van der Waals surface area contributed by atoms with Crippen LogP contribution >= 0.6 is 0 Å². The zero-order valence-corrected chi connectivity index (χ0v) is 9.21. The highest BCUT2D eigenvalue weighted by atomic mass is 16.3. The summed E-state index contributed by atoms with van der Waals surface area (Å²) in [6.45, 7) is 2.29. The summed E-state index contributed by atoms with van der Waals surface area (Å²) in [5.74, 6) is 0.864. The monoisotopic (exact) mass is 197 g/mol. The molecule has 2 nitrogen and oxygen atoms in total. The number of nitrogens with one attached hydrogen (secondary N) is 1. The summed E-state index contributed by atoms with van der Waals surface area (Å²) in [6.07, 6.45) is 8.85. The van der Waals surface area contributed by atoms with Gasteiger partial charge in [0, 0.05) is 12.1 Å². The second-order valence-electron chi connectivity index (χ2n) is 5.10. The lowest BCUT2D eigenvalue weighted by Crippen LogP contribution is -2.44.